The van der Waals surface area contributed by atoms with E-state index in [2.05, 4.69) is 45.9 Å². The predicted molar refractivity (Wildman–Crippen MR) is 271 cm³/mol. The Morgan fingerprint density at radius 3 is 2.33 bits per heavy atom. The highest BCUT2D eigenvalue weighted by Gasteiger charge is 2.42. The smallest absolute Gasteiger partial charge is 0.414 e. The fraction of sp³-hybridized carbons (Fsp3) is 0.420. The zero-order chi connectivity index (χ0) is 51.1. The number of aryl methyl sites for hydroxylation is 1. The third-order valence-electron chi connectivity index (χ3n) is 12.3. The van der Waals surface area contributed by atoms with Gasteiger partial charge in [0, 0.05) is 64.3 Å². The lowest BCUT2D eigenvalue weighted by Gasteiger charge is -2.35. The van der Waals surface area contributed by atoms with Gasteiger partial charge in [0.05, 0.1) is 71.1 Å². The number of fused-ring (bicyclic) bond motifs is 1. The molecule has 8 rings (SSSR count). The van der Waals surface area contributed by atoms with Crippen molar-refractivity contribution >= 4 is 64.2 Å². The average Bonchev–Trinajstić information content (AvgIpc) is 4.14. The monoisotopic (exact) mass is 1000 g/mol. The molecule has 72 heavy (non-hydrogen) atoms. The minimum Gasteiger partial charge on any atom is -0.481 e. The predicted octanol–water partition coefficient (Wildman–Crippen LogP) is 4.97. The van der Waals surface area contributed by atoms with Crippen molar-refractivity contribution in [3.05, 3.63) is 90.5 Å². The third kappa shape index (κ3) is 12.5. The normalized spacial score (nSPS) is 15.6. The summed E-state index contributed by atoms with van der Waals surface area (Å²) in [4.78, 5) is 101. The highest BCUT2D eigenvalue weighted by Crippen LogP contribution is 2.29. The Morgan fingerprint density at radius 2 is 1.64 bits per heavy atom. The molecule has 0 radical (unpaired) electrons. The van der Waals surface area contributed by atoms with E-state index in [0.29, 0.717) is 86.5 Å². The van der Waals surface area contributed by atoms with E-state index in [-0.39, 0.29) is 42.7 Å². The fourth-order valence-electron chi connectivity index (χ4n) is 8.41. The molecule has 7 heterocycles. The number of imidazole rings is 1. The van der Waals surface area contributed by atoms with E-state index in [9.17, 15) is 24.0 Å². The lowest BCUT2D eigenvalue weighted by Crippen LogP contribution is -2.58. The number of benzene rings is 1. The maximum Gasteiger partial charge on any atom is 0.414 e. The van der Waals surface area contributed by atoms with Gasteiger partial charge in [0.15, 0.2) is 23.8 Å². The van der Waals surface area contributed by atoms with Crippen LogP contribution in [0.1, 0.15) is 58.7 Å². The molecule has 5 amide bonds. The van der Waals surface area contributed by atoms with Crippen LogP contribution in [0.4, 0.5) is 22.2 Å². The van der Waals surface area contributed by atoms with Crippen LogP contribution in [-0.2, 0) is 30.5 Å². The second kappa shape index (κ2) is 22.2. The van der Waals surface area contributed by atoms with Crippen LogP contribution in [0, 0.1) is 12.3 Å². The molecule has 0 spiro atoms. The molecule has 2 unspecified atom stereocenters. The van der Waals surface area contributed by atoms with Gasteiger partial charge in [-0.2, -0.15) is 0 Å². The number of likely N-dealkylation sites (tertiary alicyclic amines) is 1. The van der Waals surface area contributed by atoms with Gasteiger partial charge >= 0.3 is 6.09 Å². The minimum atomic E-state index is -0.905. The lowest BCUT2D eigenvalue weighted by molar-refractivity contribution is -0.144. The molecule has 6 aromatic rings. The van der Waals surface area contributed by atoms with Gasteiger partial charge in [0.2, 0.25) is 23.7 Å². The van der Waals surface area contributed by atoms with E-state index in [0.717, 1.165) is 21.7 Å². The number of pyridine rings is 1. The molecule has 2 aliphatic rings. The number of amides is 5. The zero-order valence-electron chi connectivity index (χ0n) is 41.5. The molecule has 378 valence electrons. The summed E-state index contributed by atoms with van der Waals surface area (Å²) in [5.41, 5.74) is 6.52. The number of aromatic nitrogens is 7. The van der Waals surface area contributed by atoms with Crippen LogP contribution < -0.4 is 30.5 Å². The Hall–Kier alpha value is -7.59. The Labute approximate surface area is 421 Å². The highest BCUT2D eigenvalue weighted by atomic mass is 32.1. The van der Waals surface area contributed by atoms with Crippen LogP contribution in [0.5, 0.6) is 5.75 Å². The van der Waals surface area contributed by atoms with Gasteiger partial charge in [-0.25, -0.2) is 24.7 Å². The second-order valence-corrected chi connectivity index (χ2v) is 20.0. The van der Waals surface area contributed by atoms with Crippen molar-refractivity contribution in [2.75, 3.05) is 68.0 Å². The molecule has 21 nitrogen and oxygen atoms in total. The summed E-state index contributed by atoms with van der Waals surface area (Å²) >= 11 is 1.59. The summed E-state index contributed by atoms with van der Waals surface area (Å²) in [5.74, 6) is -0.111. The number of anilines is 3. The van der Waals surface area contributed by atoms with Crippen LogP contribution in [-0.4, -0.2) is 145 Å². The molecule has 5 aromatic heterocycles. The van der Waals surface area contributed by atoms with Crippen LogP contribution in [0.2, 0.25) is 0 Å². The number of ether oxygens (including phenoxy) is 2. The second-order valence-electron chi connectivity index (χ2n) is 19.1. The largest absolute Gasteiger partial charge is 0.481 e. The molecule has 2 saturated heterocycles. The molecule has 0 bridgehead atoms. The topological polar surface area (TPSA) is 235 Å². The molecule has 1 aromatic carbocycles. The van der Waals surface area contributed by atoms with Gasteiger partial charge in [-0.05, 0) is 56.2 Å². The zero-order valence-corrected chi connectivity index (χ0v) is 42.3. The number of carbonyl (C=O) groups excluding carboxylic acids is 5. The Bertz CT molecular complexity index is 2890. The summed E-state index contributed by atoms with van der Waals surface area (Å²) in [5, 5.41) is 8.76. The van der Waals surface area contributed by atoms with Gasteiger partial charge < -0.3 is 39.6 Å². The number of piperazine rings is 1. The molecule has 0 aliphatic carbocycles. The molecule has 2 fully saturated rings. The Morgan fingerprint density at radius 1 is 0.889 bits per heavy atom. The molecular formula is C50H60N14O7S. The first-order chi connectivity index (χ1) is 34.5. The minimum absolute atomic E-state index is 0.159. The third-order valence-corrected chi connectivity index (χ3v) is 13.3. The molecule has 3 N–H and O–H groups in total. The Kier molecular flexibility index (Phi) is 15.7. The first-order valence-corrected chi connectivity index (χ1v) is 24.7. The molecule has 2 aliphatic heterocycles. The van der Waals surface area contributed by atoms with Crippen molar-refractivity contribution in [1.29, 1.82) is 0 Å². The van der Waals surface area contributed by atoms with Crippen molar-refractivity contribution < 1.29 is 33.4 Å². The van der Waals surface area contributed by atoms with E-state index in [1.165, 1.54) is 17.3 Å². The van der Waals surface area contributed by atoms with Gasteiger partial charge in [-0.1, -0.05) is 45.0 Å². The Balaban J connectivity index is 0.769. The standard InChI is InChI=1S/C50H60N14O7S/c1-31(2)71-49(69)60(7)36-19-35(21-51-22-36)38-26-63-27-40(57-41(63)25-52-38)58-42(65)28-61-15-17-62(18-16-61)48-54-23-37(24-55-48)70-29-43(66)59-45(50(4,5)6)47(68)64-14-8-9-39(64)46(67)53-20-33-10-12-34(13-11-33)44-32(3)56-30-72-44/h10-13,19,21-27,30-31,39,45H,8-9,14-18,20,28-29H2,1-7H3,(H,53,67)(H,58,65)(H,59,66). The van der Waals surface area contributed by atoms with Crippen LogP contribution in [0.3, 0.4) is 0 Å². The van der Waals surface area contributed by atoms with E-state index in [1.54, 1.807) is 78.6 Å². The average molecular weight is 1000 g/mol. The van der Waals surface area contributed by atoms with Crippen LogP contribution in [0.15, 0.2) is 79.2 Å². The van der Waals surface area contributed by atoms with E-state index in [1.807, 2.05) is 67.3 Å². The highest BCUT2D eigenvalue weighted by molar-refractivity contribution is 7.13. The number of hydrogen-bond donors (Lipinski definition) is 3. The number of nitrogens with one attached hydrogen (secondary N) is 3. The summed E-state index contributed by atoms with van der Waals surface area (Å²) in [7, 11) is 1.61. The molecule has 22 heteroatoms. The fourth-order valence-corrected chi connectivity index (χ4v) is 9.23. The van der Waals surface area contributed by atoms with Gasteiger partial charge in [-0.3, -0.25) is 38.9 Å². The summed E-state index contributed by atoms with van der Waals surface area (Å²) in [6.45, 7) is 14.0. The maximum absolute atomic E-state index is 14.1. The molecular weight excluding hydrogens is 941 g/mol. The van der Waals surface area contributed by atoms with Crippen molar-refractivity contribution in [1.82, 2.24) is 54.7 Å². The van der Waals surface area contributed by atoms with Crippen molar-refractivity contribution in [3.8, 4) is 27.4 Å². The van der Waals surface area contributed by atoms with Crippen LogP contribution >= 0.6 is 11.3 Å². The number of rotatable bonds is 16. The maximum atomic E-state index is 14.1. The van der Waals surface area contributed by atoms with E-state index in [4.69, 9.17) is 9.47 Å². The molecule has 0 saturated carbocycles. The van der Waals surface area contributed by atoms with Crippen molar-refractivity contribution in [3.63, 3.8) is 0 Å². The van der Waals surface area contributed by atoms with Crippen LogP contribution in [0.25, 0.3) is 27.3 Å². The quantitative estimate of drug-likeness (QED) is 0.116. The number of thiazole rings is 1. The van der Waals surface area contributed by atoms with Crippen molar-refractivity contribution in [2.45, 2.75) is 79.1 Å². The summed E-state index contributed by atoms with van der Waals surface area (Å²) in [6.07, 6.45) is 11.8. The van der Waals surface area contributed by atoms with Gasteiger partial charge in [-0.15, -0.1) is 11.3 Å². The SMILES string of the molecule is Cc1ncsc1-c1ccc(CNC(=O)C2CCCN2C(=O)C(NC(=O)COc2cnc(N3CCN(CC(=O)Nc4cn5cc(-c6cncc(N(C)C(=O)OC(C)C)c6)ncc5n4)CC3)nc2)C(C)(C)C)cc1. The van der Waals surface area contributed by atoms with E-state index < -0.39 is 29.5 Å². The number of carbonyl (C=O) groups is 5. The lowest BCUT2D eigenvalue weighted by atomic mass is 9.85. The first kappa shape index (κ1) is 50.8. The number of hydrogen-bond acceptors (Lipinski definition) is 16. The van der Waals surface area contributed by atoms with E-state index >= 15 is 0 Å². The van der Waals surface area contributed by atoms with Gasteiger partial charge in [0.1, 0.15) is 12.1 Å². The molecule has 2 atom stereocenters. The first-order valence-electron chi connectivity index (χ1n) is 23.8. The summed E-state index contributed by atoms with van der Waals surface area (Å²) in [6, 6.07) is 8.24. The van der Waals surface area contributed by atoms with Crippen molar-refractivity contribution in [2.24, 2.45) is 5.41 Å². The number of nitrogens with zero attached hydrogens (tertiary/aromatic N) is 11. The van der Waals surface area contributed by atoms with Gasteiger partial charge in [0.25, 0.3) is 5.91 Å². The summed E-state index contributed by atoms with van der Waals surface area (Å²) < 4.78 is 12.8.